The molecule has 0 saturated heterocycles. The molecule has 1 N–H and O–H groups in total. The van der Waals surface area contributed by atoms with Crippen molar-refractivity contribution in [2.45, 2.75) is 33.4 Å². The molecule has 0 spiro atoms. The second kappa shape index (κ2) is 8.71. The monoisotopic (exact) mass is 408 g/mol. The fourth-order valence-corrected chi connectivity index (χ4v) is 2.85. The average molecular weight is 409 g/mol. The van der Waals surface area contributed by atoms with E-state index in [-0.39, 0.29) is 11.8 Å². The molecule has 0 unspecified atom stereocenters. The van der Waals surface area contributed by atoms with Crippen molar-refractivity contribution in [3.8, 4) is 11.5 Å². The number of anilines is 1. The molecule has 25 heavy (non-hydrogen) atoms. The van der Waals surface area contributed by atoms with Crippen molar-refractivity contribution in [2.24, 2.45) is 0 Å². The van der Waals surface area contributed by atoms with E-state index < -0.39 is 4.92 Å². The summed E-state index contributed by atoms with van der Waals surface area (Å²) >= 11 is 3.53. The van der Waals surface area contributed by atoms with Gasteiger partial charge in [0.25, 0.3) is 5.69 Å². The van der Waals surface area contributed by atoms with Crippen LogP contribution in [-0.4, -0.2) is 17.6 Å². The number of rotatable bonds is 8. The van der Waals surface area contributed by atoms with Gasteiger partial charge in [0.2, 0.25) is 0 Å². The van der Waals surface area contributed by atoms with E-state index in [1.165, 1.54) is 12.1 Å². The lowest BCUT2D eigenvalue weighted by Crippen LogP contribution is -2.09. The van der Waals surface area contributed by atoms with Gasteiger partial charge in [-0.1, -0.05) is 6.07 Å². The Morgan fingerprint density at radius 2 is 2.04 bits per heavy atom. The molecule has 0 amide bonds. The zero-order valence-electron chi connectivity index (χ0n) is 14.4. The minimum absolute atomic E-state index is 0.0318. The first-order valence-corrected chi connectivity index (χ1v) is 8.80. The molecule has 0 fully saturated rings. The first kappa shape index (κ1) is 19.1. The Kier molecular flexibility index (Phi) is 6.64. The van der Waals surface area contributed by atoms with Crippen LogP contribution >= 0.6 is 15.9 Å². The minimum Gasteiger partial charge on any atom is -0.490 e. The van der Waals surface area contributed by atoms with Crippen molar-refractivity contribution >= 4 is 27.3 Å². The lowest BCUT2D eigenvalue weighted by Gasteiger charge is -2.18. The third-order valence-electron chi connectivity index (χ3n) is 3.28. The van der Waals surface area contributed by atoms with E-state index in [2.05, 4.69) is 21.2 Å². The van der Waals surface area contributed by atoms with Crippen molar-refractivity contribution in [3.05, 3.63) is 56.5 Å². The Hall–Kier alpha value is -2.28. The Bertz CT molecular complexity index is 750. The predicted molar refractivity (Wildman–Crippen MR) is 101 cm³/mol. The zero-order valence-corrected chi connectivity index (χ0v) is 16.0. The van der Waals surface area contributed by atoms with Crippen molar-refractivity contribution in [2.75, 3.05) is 11.9 Å². The van der Waals surface area contributed by atoms with Crippen LogP contribution in [0.4, 0.5) is 11.4 Å². The number of non-ortho nitro benzene ring substituents is 1. The third-order valence-corrected chi connectivity index (χ3v) is 3.87. The summed E-state index contributed by atoms with van der Waals surface area (Å²) in [6.07, 6.45) is 0.0318. The summed E-state index contributed by atoms with van der Waals surface area (Å²) in [5.41, 5.74) is 1.71. The topological polar surface area (TPSA) is 73.6 Å². The Morgan fingerprint density at radius 3 is 2.68 bits per heavy atom. The van der Waals surface area contributed by atoms with Gasteiger partial charge in [-0.3, -0.25) is 10.1 Å². The molecule has 0 aliphatic rings. The van der Waals surface area contributed by atoms with Gasteiger partial charge in [0, 0.05) is 24.4 Å². The second-order valence-electron chi connectivity index (χ2n) is 5.67. The Morgan fingerprint density at radius 1 is 1.28 bits per heavy atom. The van der Waals surface area contributed by atoms with Gasteiger partial charge in [0.15, 0.2) is 11.5 Å². The number of ether oxygens (including phenoxy) is 2. The normalized spacial score (nSPS) is 10.6. The highest BCUT2D eigenvalue weighted by molar-refractivity contribution is 9.10. The highest BCUT2D eigenvalue weighted by Gasteiger charge is 2.14. The number of nitrogens with one attached hydrogen (secondary N) is 1. The van der Waals surface area contributed by atoms with E-state index in [0.717, 1.165) is 10.0 Å². The summed E-state index contributed by atoms with van der Waals surface area (Å²) in [6.45, 7) is 6.87. The average Bonchev–Trinajstić information content (AvgIpc) is 2.56. The van der Waals surface area contributed by atoms with Crippen LogP contribution in [0.2, 0.25) is 0 Å². The lowest BCUT2D eigenvalue weighted by molar-refractivity contribution is -0.384. The fourth-order valence-electron chi connectivity index (χ4n) is 2.27. The van der Waals surface area contributed by atoms with Crippen molar-refractivity contribution < 1.29 is 14.4 Å². The third kappa shape index (κ3) is 5.35. The smallest absolute Gasteiger partial charge is 0.271 e. The summed E-state index contributed by atoms with van der Waals surface area (Å²) in [5.74, 6) is 1.34. The number of hydrogen-bond acceptors (Lipinski definition) is 5. The van der Waals surface area contributed by atoms with E-state index in [1.54, 1.807) is 12.1 Å². The molecule has 2 aromatic carbocycles. The lowest BCUT2D eigenvalue weighted by atomic mass is 10.2. The Balaban J connectivity index is 2.19. The summed E-state index contributed by atoms with van der Waals surface area (Å²) in [7, 11) is 0. The molecular weight excluding hydrogens is 388 g/mol. The first-order chi connectivity index (χ1) is 11.9. The maximum Gasteiger partial charge on any atom is 0.271 e. The van der Waals surface area contributed by atoms with E-state index >= 15 is 0 Å². The highest BCUT2D eigenvalue weighted by atomic mass is 79.9. The van der Waals surface area contributed by atoms with Crippen LogP contribution < -0.4 is 14.8 Å². The van der Waals surface area contributed by atoms with Gasteiger partial charge in [-0.25, -0.2) is 0 Å². The minimum atomic E-state index is -0.410. The number of benzene rings is 2. The molecule has 0 radical (unpaired) electrons. The quantitative estimate of drug-likeness (QED) is 0.482. The zero-order chi connectivity index (χ0) is 18.4. The molecule has 7 heteroatoms. The molecule has 0 aliphatic carbocycles. The standard InChI is InChI=1S/C18H21BrN2O4/c1-4-24-17-9-13(8-16(19)18(17)25-12(2)3)11-20-14-6-5-7-15(10-14)21(22)23/h5-10,12,20H,4,11H2,1-3H3. The molecule has 0 heterocycles. The van der Waals surface area contributed by atoms with Gasteiger partial charge < -0.3 is 14.8 Å². The van der Waals surface area contributed by atoms with Gasteiger partial charge in [-0.15, -0.1) is 0 Å². The van der Waals surface area contributed by atoms with E-state index in [0.29, 0.717) is 30.3 Å². The van der Waals surface area contributed by atoms with Crippen LogP contribution in [0.1, 0.15) is 26.3 Å². The summed E-state index contributed by atoms with van der Waals surface area (Å²) in [6, 6.07) is 10.3. The number of hydrogen-bond donors (Lipinski definition) is 1. The fraction of sp³-hybridized carbons (Fsp3) is 0.333. The van der Waals surface area contributed by atoms with Gasteiger partial charge in [-0.2, -0.15) is 0 Å². The number of nitro benzene ring substituents is 1. The maximum atomic E-state index is 10.9. The van der Waals surface area contributed by atoms with Crippen LogP contribution in [0.15, 0.2) is 40.9 Å². The van der Waals surface area contributed by atoms with E-state index in [9.17, 15) is 10.1 Å². The molecule has 134 valence electrons. The van der Waals surface area contributed by atoms with Crippen LogP contribution in [0.25, 0.3) is 0 Å². The van der Waals surface area contributed by atoms with Gasteiger partial charge in [0.1, 0.15) is 0 Å². The van der Waals surface area contributed by atoms with Gasteiger partial charge >= 0.3 is 0 Å². The summed E-state index contributed by atoms with van der Waals surface area (Å²) < 4.78 is 12.3. The van der Waals surface area contributed by atoms with Gasteiger partial charge in [0.05, 0.1) is 22.1 Å². The SMILES string of the molecule is CCOc1cc(CNc2cccc([N+](=O)[O-])c2)cc(Br)c1OC(C)C. The molecule has 0 saturated carbocycles. The predicted octanol–water partition coefficient (Wildman–Crippen LogP) is 5.16. The van der Waals surface area contributed by atoms with Gasteiger partial charge in [-0.05, 0) is 60.5 Å². The number of halogens is 1. The van der Waals surface area contributed by atoms with Crippen molar-refractivity contribution in [1.29, 1.82) is 0 Å². The Labute approximate surface area is 155 Å². The highest BCUT2D eigenvalue weighted by Crippen LogP contribution is 2.37. The summed E-state index contributed by atoms with van der Waals surface area (Å²) in [4.78, 5) is 10.4. The summed E-state index contributed by atoms with van der Waals surface area (Å²) in [5, 5.41) is 14.0. The van der Waals surface area contributed by atoms with Crippen molar-refractivity contribution in [1.82, 2.24) is 0 Å². The van der Waals surface area contributed by atoms with Crippen LogP contribution in [-0.2, 0) is 6.54 Å². The molecule has 6 nitrogen and oxygen atoms in total. The molecule has 0 atom stereocenters. The van der Waals surface area contributed by atoms with Crippen molar-refractivity contribution in [3.63, 3.8) is 0 Å². The molecule has 2 aromatic rings. The molecular formula is C18H21BrN2O4. The maximum absolute atomic E-state index is 10.9. The number of nitro groups is 1. The first-order valence-electron chi connectivity index (χ1n) is 8.01. The van der Waals surface area contributed by atoms with Crippen LogP contribution in [0.3, 0.4) is 0 Å². The molecule has 0 bridgehead atoms. The van der Waals surface area contributed by atoms with E-state index in [1.807, 2.05) is 32.9 Å². The number of nitrogens with zero attached hydrogens (tertiary/aromatic N) is 1. The molecule has 0 aliphatic heterocycles. The van der Waals surface area contributed by atoms with Crippen LogP contribution in [0.5, 0.6) is 11.5 Å². The van der Waals surface area contributed by atoms with E-state index in [4.69, 9.17) is 9.47 Å². The molecule has 0 aromatic heterocycles. The molecule has 2 rings (SSSR count). The second-order valence-corrected chi connectivity index (χ2v) is 6.52. The largest absolute Gasteiger partial charge is 0.490 e. The van der Waals surface area contributed by atoms with Crippen LogP contribution in [0, 0.1) is 10.1 Å².